The molecule has 4 aliphatic heterocycles. The van der Waals surface area contributed by atoms with Gasteiger partial charge in [-0.1, -0.05) is 30.3 Å². The molecule has 22 heavy (non-hydrogen) atoms. The maximum atomic E-state index is 13.1. The summed E-state index contributed by atoms with van der Waals surface area (Å²) in [6, 6.07) is 12.9. The van der Waals surface area contributed by atoms with Crippen molar-refractivity contribution in [3.05, 3.63) is 47.5 Å². The van der Waals surface area contributed by atoms with Crippen molar-refractivity contribution in [1.82, 2.24) is 9.80 Å². The number of carbonyl (C=O) groups is 1. The zero-order valence-electron chi connectivity index (χ0n) is 12.7. The predicted molar refractivity (Wildman–Crippen MR) is 86.8 cm³/mol. The quantitative estimate of drug-likeness (QED) is 0.807. The van der Waals surface area contributed by atoms with Gasteiger partial charge in [0.2, 0.25) is 0 Å². The average Bonchev–Trinajstić information content (AvgIpc) is 2.59. The van der Waals surface area contributed by atoms with Crippen LogP contribution in [0.25, 0.3) is 10.8 Å². The lowest BCUT2D eigenvalue weighted by molar-refractivity contribution is 0.00406. The van der Waals surface area contributed by atoms with Gasteiger partial charge in [-0.05, 0) is 54.3 Å². The van der Waals surface area contributed by atoms with E-state index in [1.807, 2.05) is 12.1 Å². The van der Waals surface area contributed by atoms with E-state index in [2.05, 4.69) is 34.1 Å². The van der Waals surface area contributed by atoms with Gasteiger partial charge >= 0.3 is 0 Å². The second kappa shape index (κ2) is 4.56. The van der Waals surface area contributed by atoms with Gasteiger partial charge in [-0.15, -0.1) is 0 Å². The van der Waals surface area contributed by atoms with Crippen molar-refractivity contribution < 1.29 is 4.79 Å². The minimum absolute atomic E-state index is 0.239. The lowest BCUT2D eigenvalue weighted by atomic mass is 9.81. The van der Waals surface area contributed by atoms with Crippen LogP contribution in [0.4, 0.5) is 0 Å². The van der Waals surface area contributed by atoms with Crippen molar-refractivity contribution in [2.75, 3.05) is 19.6 Å². The lowest BCUT2D eigenvalue weighted by Gasteiger charge is -2.49. The summed E-state index contributed by atoms with van der Waals surface area (Å²) in [5, 5.41) is 2.37. The van der Waals surface area contributed by atoms with Crippen LogP contribution in [0, 0.1) is 5.92 Å². The predicted octanol–water partition coefficient (Wildman–Crippen LogP) is 2.89. The third kappa shape index (κ3) is 1.69. The Balaban J connectivity index is 1.59. The zero-order valence-corrected chi connectivity index (χ0v) is 12.7. The first-order chi connectivity index (χ1) is 10.8. The highest BCUT2D eigenvalue weighted by molar-refractivity contribution is 6.10. The molecule has 112 valence electrons. The van der Waals surface area contributed by atoms with E-state index in [1.54, 1.807) is 0 Å². The van der Waals surface area contributed by atoms with E-state index >= 15 is 0 Å². The molecule has 2 aromatic carbocycles. The summed E-state index contributed by atoms with van der Waals surface area (Å²) in [4.78, 5) is 17.8. The fraction of sp³-hybridized carbons (Fsp3) is 0.421. The van der Waals surface area contributed by atoms with Gasteiger partial charge in [0.15, 0.2) is 0 Å². The van der Waals surface area contributed by atoms with Gasteiger partial charge in [0.05, 0.1) is 0 Å². The molecule has 3 saturated heterocycles. The molecule has 0 aliphatic carbocycles. The van der Waals surface area contributed by atoms with Crippen LogP contribution in [0.3, 0.4) is 0 Å². The van der Waals surface area contributed by atoms with Gasteiger partial charge < -0.3 is 9.80 Å². The minimum atomic E-state index is 0.239. The van der Waals surface area contributed by atoms with E-state index in [1.165, 1.54) is 42.3 Å². The molecule has 3 nitrogen and oxygen atoms in total. The molecule has 0 radical (unpaired) electrons. The first kappa shape index (κ1) is 12.7. The summed E-state index contributed by atoms with van der Waals surface area (Å²) in [5.41, 5.74) is 2.21. The van der Waals surface area contributed by atoms with Crippen molar-refractivity contribution >= 4 is 16.7 Å². The van der Waals surface area contributed by atoms with Crippen molar-refractivity contribution in [3.8, 4) is 0 Å². The Bertz CT molecular complexity index is 756. The summed E-state index contributed by atoms with van der Waals surface area (Å²) >= 11 is 0. The SMILES string of the molecule is O=C1c2cccc3cccc(c23)CN1[C@@H]1CN2CCC1CC2. The topological polar surface area (TPSA) is 23.6 Å². The molecule has 6 rings (SSSR count). The van der Waals surface area contributed by atoms with Crippen molar-refractivity contribution in [1.29, 1.82) is 0 Å². The maximum absolute atomic E-state index is 13.1. The standard InChI is InChI=1S/C19H20N2O/c22-19-16-6-2-4-14-3-1-5-15(18(14)16)11-21(19)17-12-20-9-7-13(17)8-10-20/h1-6,13,17H,7-12H2/t17-/m1/s1. The van der Waals surface area contributed by atoms with Crippen molar-refractivity contribution in [2.24, 2.45) is 5.92 Å². The van der Waals surface area contributed by atoms with Gasteiger partial charge in [0, 0.05) is 24.7 Å². The Labute approximate surface area is 130 Å². The summed E-state index contributed by atoms with van der Waals surface area (Å²) in [5.74, 6) is 0.932. The van der Waals surface area contributed by atoms with E-state index in [9.17, 15) is 4.79 Å². The summed E-state index contributed by atoms with van der Waals surface area (Å²) in [6.45, 7) is 4.28. The van der Waals surface area contributed by atoms with Gasteiger partial charge in [0.1, 0.15) is 0 Å². The number of piperidine rings is 3. The minimum Gasteiger partial charge on any atom is -0.330 e. The molecule has 0 N–H and O–H groups in total. The molecule has 3 heteroatoms. The molecule has 2 bridgehead atoms. The Morgan fingerprint density at radius 2 is 1.77 bits per heavy atom. The number of carbonyl (C=O) groups excluding carboxylic acids is 1. The van der Waals surface area contributed by atoms with Gasteiger partial charge in [0.25, 0.3) is 5.91 Å². The number of hydrogen-bond donors (Lipinski definition) is 0. The van der Waals surface area contributed by atoms with Crippen LogP contribution in [-0.4, -0.2) is 41.4 Å². The molecule has 1 amide bonds. The Morgan fingerprint density at radius 1 is 1.00 bits per heavy atom. The van der Waals surface area contributed by atoms with Crippen LogP contribution < -0.4 is 0 Å². The fourth-order valence-electron chi connectivity index (χ4n) is 4.69. The van der Waals surface area contributed by atoms with Crippen LogP contribution in [-0.2, 0) is 6.54 Å². The Hall–Kier alpha value is -1.87. The number of hydrogen-bond acceptors (Lipinski definition) is 2. The number of amides is 1. The van der Waals surface area contributed by atoms with Crippen LogP contribution in [0.2, 0.25) is 0 Å². The van der Waals surface area contributed by atoms with Gasteiger partial charge in [-0.25, -0.2) is 0 Å². The maximum Gasteiger partial charge on any atom is 0.255 e. The average molecular weight is 292 g/mol. The summed E-state index contributed by atoms with van der Waals surface area (Å²) in [6.07, 6.45) is 2.50. The highest BCUT2D eigenvalue weighted by Crippen LogP contribution is 2.36. The van der Waals surface area contributed by atoms with E-state index < -0.39 is 0 Å². The monoisotopic (exact) mass is 292 g/mol. The molecule has 1 atom stereocenters. The smallest absolute Gasteiger partial charge is 0.255 e. The molecule has 0 unspecified atom stereocenters. The molecule has 4 aliphatic rings. The van der Waals surface area contributed by atoms with Crippen LogP contribution >= 0.6 is 0 Å². The van der Waals surface area contributed by atoms with Crippen LogP contribution in [0.15, 0.2) is 36.4 Å². The van der Waals surface area contributed by atoms with Crippen molar-refractivity contribution in [3.63, 3.8) is 0 Å². The largest absolute Gasteiger partial charge is 0.330 e. The third-order valence-corrected chi connectivity index (χ3v) is 5.84. The van der Waals surface area contributed by atoms with E-state index in [0.29, 0.717) is 12.0 Å². The fourth-order valence-corrected chi connectivity index (χ4v) is 4.69. The third-order valence-electron chi connectivity index (χ3n) is 5.84. The summed E-state index contributed by atoms with van der Waals surface area (Å²) in [7, 11) is 0. The Morgan fingerprint density at radius 3 is 2.50 bits per heavy atom. The summed E-state index contributed by atoms with van der Waals surface area (Å²) < 4.78 is 0. The second-order valence-electron chi connectivity index (χ2n) is 6.96. The zero-order chi connectivity index (χ0) is 14.7. The lowest BCUT2D eigenvalue weighted by Crippen LogP contribution is -2.58. The number of benzene rings is 2. The molecule has 4 heterocycles. The van der Waals surface area contributed by atoms with Gasteiger partial charge in [-0.3, -0.25) is 4.79 Å². The first-order valence-corrected chi connectivity index (χ1v) is 8.35. The van der Waals surface area contributed by atoms with Crippen molar-refractivity contribution in [2.45, 2.75) is 25.4 Å². The van der Waals surface area contributed by atoms with E-state index in [-0.39, 0.29) is 5.91 Å². The Kier molecular flexibility index (Phi) is 2.62. The number of fused-ring (bicyclic) bond motifs is 3. The van der Waals surface area contributed by atoms with E-state index in [0.717, 1.165) is 18.7 Å². The van der Waals surface area contributed by atoms with Crippen LogP contribution in [0.5, 0.6) is 0 Å². The van der Waals surface area contributed by atoms with Crippen LogP contribution in [0.1, 0.15) is 28.8 Å². The molecule has 0 saturated carbocycles. The molecule has 0 spiro atoms. The molecular weight excluding hydrogens is 272 g/mol. The number of rotatable bonds is 1. The van der Waals surface area contributed by atoms with E-state index in [4.69, 9.17) is 0 Å². The molecule has 3 fully saturated rings. The highest BCUT2D eigenvalue weighted by Gasteiger charge is 2.41. The number of nitrogens with zero attached hydrogens (tertiary/aromatic N) is 2. The van der Waals surface area contributed by atoms with Gasteiger partial charge in [-0.2, -0.15) is 0 Å². The molecule has 0 aromatic heterocycles. The molecular formula is C19H20N2O. The highest BCUT2D eigenvalue weighted by atomic mass is 16.2. The first-order valence-electron chi connectivity index (χ1n) is 8.35. The second-order valence-corrected chi connectivity index (χ2v) is 6.96. The molecule has 2 aromatic rings. The normalized spacial score (nSPS) is 30.1.